The van der Waals surface area contributed by atoms with E-state index in [1.807, 2.05) is 0 Å². The SMILES string of the molecule is Cc1cc(Cn2c(=O)c3c(ncn3C(C)C(=O)Nc3cncc(-c4cnc(C(F)(F)F)c(C)c4)n3)n(C)c2=O)no1. The molecule has 1 N–H and O–H groups in total. The lowest BCUT2D eigenvalue weighted by molar-refractivity contribution is -0.141. The molecule has 1 amide bonds. The van der Waals surface area contributed by atoms with E-state index in [0.29, 0.717) is 11.5 Å². The normalized spacial score (nSPS) is 12.6. The molecule has 0 aliphatic carbocycles. The summed E-state index contributed by atoms with van der Waals surface area (Å²) in [6, 6.07) is 1.88. The summed E-state index contributed by atoms with van der Waals surface area (Å²) in [5, 5.41) is 6.43. The maximum absolute atomic E-state index is 13.4. The number of amides is 1. The number of hydrogen-bond donors (Lipinski definition) is 1. The summed E-state index contributed by atoms with van der Waals surface area (Å²) in [5.41, 5.74) is -1.46. The molecule has 5 aromatic heterocycles. The molecule has 0 aliphatic rings. The van der Waals surface area contributed by atoms with Crippen molar-refractivity contribution in [3.63, 3.8) is 0 Å². The van der Waals surface area contributed by atoms with Crippen LogP contribution in [0.15, 0.2) is 51.2 Å². The molecule has 16 heteroatoms. The molecule has 13 nitrogen and oxygen atoms in total. The molecule has 5 rings (SSSR count). The van der Waals surface area contributed by atoms with E-state index >= 15 is 0 Å². The number of nitrogens with zero attached hydrogens (tertiary/aromatic N) is 8. The number of aromatic nitrogens is 8. The minimum Gasteiger partial charge on any atom is -0.361 e. The third kappa shape index (κ3) is 5.10. The second-order valence-electron chi connectivity index (χ2n) is 9.33. The zero-order valence-corrected chi connectivity index (χ0v) is 22.1. The van der Waals surface area contributed by atoms with Crippen molar-refractivity contribution in [1.29, 1.82) is 0 Å². The molecule has 0 saturated heterocycles. The molecule has 1 atom stereocenters. The van der Waals surface area contributed by atoms with Crippen molar-refractivity contribution < 1.29 is 22.5 Å². The van der Waals surface area contributed by atoms with Crippen molar-refractivity contribution >= 4 is 22.9 Å². The van der Waals surface area contributed by atoms with E-state index in [1.54, 1.807) is 13.0 Å². The van der Waals surface area contributed by atoms with E-state index in [0.717, 1.165) is 10.8 Å². The molecule has 212 valence electrons. The minimum atomic E-state index is -4.59. The van der Waals surface area contributed by atoms with E-state index in [1.165, 1.54) is 54.8 Å². The summed E-state index contributed by atoms with van der Waals surface area (Å²) in [4.78, 5) is 55.4. The van der Waals surface area contributed by atoms with Crippen LogP contribution in [0.1, 0.15) is 35.7 Å². The van der Waals surface area contributed by atoms with Crippen LogP contribution in [0, 0.1) is 13.8 Å². The minimum absolute atomic E-state index is 0.0149. The highest BCUT2D eigenvalue weighted by atomic mass is 19.4. The predicted molar refractivity (Wildman–Crippen MR) is 138 cm³/mol. The van der Waals surface area contributed by atoms with Crippen LogP contribution in [-0.2, 0) is 24.6 Å². The van der Waals surface area contributed by atoms with Crippen molar-refractivity contribution in [3.8, 4) is 11.3 Å². The van der Waals surface area contributed by atoms with E-state index in [4.69, 9.17) is 4.52 Å². The maximum atomic E-state index is 13.4. The van der Waals surface area contributed by atoms with Gasteiger partial charge in [-0.05, 0) is 32.4 Å². The Hall–Kier alpha value is -5.15. The Labute approximate surface area is 228 Å². The fraction of sp³-hybridized carbons (Fsp3) is 0.280. The summed E-state index contributed by atoms with van der Waals surface area (Å²) in [5.74, 6) is -0.0601. The van der Waals surface area contributed by atoms with Crippen LogP contribution in [0.25, 0.3) is 22.4 Å². The Balaban J connectivity index is 1.44. The Morgan fingerprint density at radius 3 is 2.54 bits per heavy atom. The van der Waals surface area contributed by atoms with Crippen molar-refractivity contribution in [1.82, 2.24) is 38.8 Å². The van der Waals surface area contributed by atoms with Gasteiger partial charge in [-0.25, -0.2) is 14.8 Å². The van der Waals surface area contributed by atoms with Crippen molar-refractivity contribution in [2.45, 2.75) is 39.5 Å². The number of fused-ring (bicyclic) bond motifs is 1. The van der Waals surface area contributed by atoms with E-state index < -0.39 is 35.1 Å². The van der Waals surface area contributed by atoms with Gasteiger partial charge in [0, 0.05) is 24.9 Å². The van der Waals surface area contributed by atoms with Crippen LogP contribution in [0.4, 0.5) is 19.0 Å². The molecule has 0 saturated carbocycles. The predicted octanol–water partition coefficient (Wildman–Crippen LogP) is 2.62. The summed E-state index contributed by atoms with van der Waals surface area (Å²) < 4.78 is 47.8. The van der Waals surface area contributed by atoms with E-state index in [-0.39, 0.29) is 40.3 Å². The fourth-order valence-corrected chi connectivity index (χ4v) is 4.31. The lowest BCUT2D eigenvalue weighted by Gasteiger charge is -2.15. The highest BCUT2D eigenvalue weighted by molar-refractivity contribution is 5.93. The zero-order chi connectivity index (χ0) is 29.6. The lowest BCUT2D eigenvalue weighted by Crippen LogP contribution is -2.40. The smallest absolute Gasteiger partial charge is 0.361 e. The molecule has 0 radical (unpaired) electrons. The molecular formula is C25H22F3N9O4. The first-order chi connectivity index (χ1) is 19.3. The number of carbonyl (C=O) groups excluding carboxylic acids is 1. The Morgan fingerprint density at radius 2 is 1.88 bits per heavy atom. The van der Waals surface area contributed by atoms with Gasteiger partial charge in [0.05, 0.1) is 31.0 Å². The van der Waals surface area contributed by atoms with Crippen LogP contribution in [-0.4, -0.2) is 44.7 Å². The number of hydrogen-bond acceptors (Lipinski definition) is 9. The number of halogens is 3. The molecule has 1 unspecified atom stereocenters. The number of alkyl halides is 3. The number of nitrogens with one attached hydrogen (secondary N) is 1. The number of anilines is 1. The third-order valence-electron chi connectivity index (χ3n) is 6.38. The molecule has 5 heterocycles. The topological polar surface area (TPSA) is 156 Å². The van der Waals surface area contributed by atoms with Gasteiger partial charge in [0.2, 0.25) is 5.91 Å². The highest BCUT2D eigenvalue weighted by Gasteiger charge is 2.34. The number of aryl methyl sites for hydroxylation is 3. The van der Waals surface area contributed by atoms with Gasteiger partial charge in [-0.1, -0.05) is 5.16 Å². The monoisotopic (exact) mass is 569 g/mol. The summed E-state index contributed by atoms with van der Waals surface area (Å²) in [6.45, 7) is 4.33. The second kappa shape index (κ2) is 10.1. The zero-order valence-electron chi connectivity index (χ0n) is 22.1. The Morgan fingerprint density at radius 1 is 1.12 bits per heavy atom. The first kappa shape index (κ1) is 27.4. The number of imidazole rings is 1. The maximum Gasteiger partial charge on any atom is 0.433 e. The summed E-state index contributed by atoms with van der Waals surface area (Å²) >= 11 is 0. The lowest BCUT2D eigenvalue weighted by atomic mass is 10.1. The van der Waals surface area contributed by atoms with Crippen LogP contribution in [0.5, 0.6) is 0 Å². The third-order valence-corrected chi connectivity index (χ3v) is 6.38. The second-order valence-corrected chi connectivity index (χ2v) is 9.33. The van der Waals surface area contributed by atoms with Crippen molar-refractivity contribution in [3.05, 3.63) is 80.6 Å². The number of pyridine rings is 1. The van der Waals surface area contributed by atoms with E-state index in [9.17, 15) is 27.6 Å². The van der Waals surface area contributed by atoms with Crippen molar-refractivity contribution in [2.75, 3.05) is 5.32 Å². The van der Waals surface area contributed by atoms with Gasteiger partial charge in [0.25, 0.3) is 5.56 Å². The standard InChI is InChI=1S/C25H22F3N9O4/c1-12-5-15(7-30-20(12)25(26,27)28)17-8-29-9-18(32-17)33-22(38)14(3)37-11-31-21-19(37)23(39)36(24(40)35(21)4)10-16-6-13(2)41-34-16/h5-9,11,14H,10H2,1-4H3,(H,32,33,38). The van der Waals surface area contributed by atoms with Gasteiger partial charge in [-0.15, -0.1) is 0 Å². The molecule has 0 bridgehead atoms. The molecule has 5 aromatic rings. The van der Waals surface area contributed by atoms with Gasteiger partial charge in [-0.2, -0.15) is 13.2 Å². The van der Waals surface area contributed by atoms with Gasteiger partial charge < -0.3 is 14.4 Å². The van der Waals surface area contributed by atoms with Gasteiger partial charge in [-0.3, -0.25) is 28.7 Å². The molecule has 0 fully saturated rings. The summed E-state index contributed by atoms with van der Waals surface area (Å²) in [7, 11) is 1.45. The Kier molecular flexibility index (Phi) is 6.76. The Bertz CT molecular complexity index is 1920. The van der Waals surface area contributed by atoms with Crippen LogP contribution in [0.2, 0.25) is 0 Å². The molecule has 0 aromatic carbocycles. The first-order valence-electron chi connectivity index (χ1n) is 12.1. The van der Waals surface area contributed by atoms with E-state index in [2.05, 4.69) is 30.4 Å². The highest BCUT2D eigenvalue weighted by Crippen LogP contribution is 2.31. The summed E-state index contributed by atoms with van der Waals surface area (Å²) in [6.07, 6.45) is 0.301. The molecule has 41 heavy (non-hydrogen) atoms. The van der Waals surface area contributed by atoms with Gasteiger partial charge in [0.15, 0.2) is 17.0 Å². The molecule has 0 spiro atoms. The average Bonchev–Trinajstić information content (AvgIpc) is 3.55. The van der Waals surface area contributed by atoms with Crippen LogP contribution < -0.4 is 16.6 Å². The fourth-order valence-electron chi connectivity index (χ4n) is 4.31. The number of rotatable bonds is 6. The average molecular weight is 570 g/mol. The first-order valence-corrected chi connectivity index (χ1v) is 12.1. The van der Waals surface area contributed by atoms with Gasteiger partial charge >= 0.3 is 11.9 Å². The molecular weight excluding hydrogens is 547 g/mol. The van der Waals surface area contributed by atoms with Gasteiger partial charge in [0.1, 0.15) is 23.2 Å². The van der Waals surface area contributed by atoms with Crippen LogP contribution in [0.3, 0.4) is 0 Å². The quantitative estimate of drug-likeness (QED) is 0.325. The van der Waals surface area contributed by atoms with Crippen molar-refractivity contribution in [2.24, 2.45) is 7.05 Å². The number of carbonyl (C=O) groups is 1. The van der Waals surface area contributed by atoms with Crippen LogP contribution >= 0.6 is 0 Å². The largest absolute Gasteiger partial charge is 0.433 e. The molecule has 0 aliphatic heterocycles.